The number of aromatic nitrogens is 1. The van der Waals surface area contributed by atoms with E-state index in [1.54, 1.807) is 16.2 Å². The highest BCUT2D eigenvalue weighted by molar-refractivity contribution is 7.18. The normalized spacial score (nSPS) is 17.9. The number of anilines is 1. The van der Waals surface area contributed by atoms with Crippen molar-refractivity contribution in [1.29, 1.82) is 5.26 Å². The van der Waals surface area contributed by atoms with Crippen LogP contribution in [0.5, 0.6) is 0 Å². The third kappa shape index (κ3) is 4.02. The number of hydrogen-bond donors (Lipinski definition) is 0. The first-order valence-corrected chi connectivity index (χ1v) is 10.9. The minimum absolute atomic E-state index is 0.0412. The highest BCUT2D eigenvalue weighted by atomic mass is 32.1. The molecule has 0 saturated carbocycles. The van der Waals surface area contributed by atoms with Crippen LogP contribution in [0.15, 0.2) is 54.6 Å². The molecule has 1 fully saturated rings. The Balaban J connectivity index is 1.58. The number of fused-ring (bicyclic) bond motifs is 1. The van der Waals surface area contributed by atoms with Gasteiger partial charge in [-0.25, -0.2) is 4.98 Å². The van der Waals surface area contributed by atoms with Crippen molar-refractivity contribution in [2.24, 2.45) is 0 Å². The predicted molar refractivity (Wildman–Crippen MR) is 117 cm³/mol. The largest absolute Gasteiger partial charge is 0.310 e. The van der Waals surface area contributed by atoms with E-state index >= 15 is 0 Å². The van der Waals surface area contributed by atoms with Gasteiger partial charge in [0.25, 0.3) is 0 Å². The molecule has 1 saturated heterocycles. The van der Waals surface area contributed by atoms with Gasteiger partial charge in [0, 0.05) is 12.2 Å². The summed E-state index contributed by atoms with van der Waals surface area (Å²) in [6, 6.07) is 19.9. The number of rotatable bonds is 6. The molecule has 2 atom stereocenters. The van der Waals surface area contributed by atoms with E-state index < -0.39 is 0 Å². The van der Waals surface area contributed by atoms with Crippen molar-refractivity contribution in [2.45, 2.75) is 38.3 Å². The Morgan fingerprint density at radius 1 is 1.28 bits per heavy atom. The van der Waals surface area contributed by atoms with Crippen LogP contribution in [-0.2, 0) is 4.79 Å². The SMILES string of the molecule is CC(C(=O)N(CCC#N)c1ccccc1)N1CCCC1c1nc2ccccc2s1. The fraction of sp³-hybridized carbons (Fsp3) is 0.348. The molecule has 6 heteroatoms. The van der Waals surface area contributed by atoms with E-state index in [0.29, 0.717) is 13.0 Å². The highest BCUT2D eigenvalue weighted by Gasteiger charge is 2.36. The summed E-state index contributed by atoms with van der Waals surface area (Å²) < 4.78 is 1.19. The lowest BCUT2D eigenvalue weighted by Crippen LogP contribution is -2.47. The smallest absolute Gasteiger partial charge is 0.244 e. The molecule has 0 N–H and O–H groups in total. The zero-order chi connectivity index (χ0) is 20.2. The molecule has 148 valence electrons. The molecule has 1 aliphatic rings. The summed E-state index contributed by atoms with van der Waals surface area (Å²) in [6.07, 6.45) is 2.39. The van der Waals surface area contributed by atoms with E-state index in [2.05, 4.69) is 17.0 Å². The standard InChI is InChI=1S/C23H24N4OS/c1-17(23(28)27(16-8-14-24)18-9-3-2-4-10-18)26-15-7-12-20(26)22-25-19-11-5-6-13-21(19)29-22/h2-6,9-11,13,17,20H,7-8,12,15-16H2,1H3. The fourth-order valence-electron chi connectivity index (χ4n) is 4.05. The van der Waals surface area contributed by atoms with E-state index in [-0.39, 0.29) is 18.0 Å². The lowest BCUT2D eigenvalue weighted by Gasteiger charge is -2.33. The average Bonchev–Trinajstić information content (AvgIpc) is 3.40. The quantitative estimate of drug-likeness (QED) is 0.594. The number of carbonyl (C=O) groups excluding carboxylic acids is 1. The van der Waals surface area contributed by atoms with Gasteiger partial charge >= 0.3 is 0 Å². The summed E-state index contributed by atoms with van der Waals surface area (Å²) in [6.45, 7) is 3.27. The minimum Gasteiger partial charge on any atom is -0.310 e. The number of amides is 1. The van der Waals surface area contributed by atoms with Gasteiger partial charge < -0.3 is 4.90 Å². The van der Waals surface area contributed by atoms with Crippen molar-refractivity contribution in [3.63, 3.8) is 0 Å². The van der Waals surface area contributed by atoms with Crippen LogP contribution in [0.25, 0.3) is 10.2 Å². The van der Waals surface area contributed by atoms with Crippen LogP contribution in [0, 0.1) is 11.3 Å². The Kier molecular flexibility index (Phi) is 5.89. The number of benzene rings is 2. The second kappa shape index (κ2) is 8.73. The summed E-state index contributed by atoms with van der Waals surface area (Å²) >= 11 is 1.73. The molecule has 2 unspecified atom stereocenters. The van der Waals surface area contributed by atoms with Crippen LogP contribution in [-0.4, -0.2) is 34.9 Å². The van der Waals surface area contributed by atoms with E-state index in [1.807, 2.05) is 55.5 Å². The Bertz CT molecular complexity index is 993. The van der Waals surface area contributed by atoms with Gasteiger partial charge in [0.05, 0.1) is 34.8 Å². The van der Waals surface area contributed by atoms with Gasteiger partial charge in [0.1, 0.15) is 5.01 Å². The Morgan fingerprint density at radius 3 is 2.79 bits per heavy atom. The number of hydrogen-bond acceptors (Lipinski definition) is 5. The zero-order valence-electron chi connectivity index (χ0n) is 16.5. The first-order valence-electron chi connectivity index (χ1n) is 10.0. The van der Waals surface area contributed by atoms with Crippen molar-refractivity contribution < 1.29 is 4.79 Å². The summed E-state index contributed by atoms with van der Waals surface area (Å²) in [7, 11) is 0. The van der Waals surface area contributed by atoms with Crippen molar-refractivity contribution in [3.05, 3.63) is 59.6 Å². The van der Waals surface area contributed by atoms with Crippen LogP contribution < -0.4 is 4.90 Å². The van der Waals surface area contributed by atoms with Gasteiger partial charge in [-0.2, -0.15) is 5.26 Å². The number of carbonyl (C=O) groups is 1. The predicted octanol–water partition coefficient (Wildman–Crippen LogP) is 4.77. The average molecular weight is 405 g/mol. The van der Waals surface area contributed by atoms with E-state index in [4.69, 9.17) is 10.2 Å². The molecule has 0 bridgehead atoms. The second-order valence-electron chi connectivity index (χ2n) is 7.33. The van der Waals surface area contributed by atoms with Crippen LogP contribution in [0.2, 0.25) is 0 Å². The molecule has 2 aromatic carbocycles. The third-order valence-corrected chi connectivity index (χ3v) is 6.66. The van der Waals surface area contributed by atoms with Gasteiger partial charge in [-0.05, 0) is 50.6 Å². The maximum Gasteiger partial charge on any atom is 0.244 e. The van der Waals surface area contributed by atoms with Crippen molar-refractivity contribution in [1.82, 2.24) is 9.88 Å². The topological polar surface area (TPSA) is 60.2 Å². The second-order valence-corrected chi connectivity index (χ2v) is 8.39. The van der Waals surface area contributed by atoms with Gasteiger partial charge in [0.15, 0.2) is 0 Å². The van der Waals surface area contributed by atoms with Crippen molar-refractivity contribution in [2.75, 3.05) is 18.0 Å². The van der Waals surface area contributed by atoms with Gasteiger partial charge in [0.2, 0.25) is 5.91 Å². The van der Waals surface area contributed by atoms with Crippen LogP contribution >= 0.6 is 11.3 Å². The minimum atomic E-state index is -0.270. The molecule has 4 rings (SSSR count). The fourth-order valence-corrected chi connectivity index (χ4v) is 5.18. The summed E-state index contributed by atoms with van der Waals surface area (Å²) in [5.41, 5.74) is 1.87. The number of nitrogens with zero attached hydrogens (tertiary/aromatic N) is 4. The zero-order valence-corrected chi connectivity index (χ0v) is 17.3. The lowest BCUT2D eigenvalue weighted by atomic mass is 10.1. The Labute approximate surface area is 175 Å². The monoisotopic (exact) mass is 404 g/mol. The van der Waals surface area contributed by atoms with Crippen molar-refractivity contribution >= 4 is 33.1 Å². The first kappa shape index (κ1) is 19.6. The number of thiazole rings is 1. The Morgan fingerprint density at radius 2 is 2.03 bits per heavy atom. The van der Waals surface area contributed by atoms with Crippen LogP contribution in [0.1, 0.15) is 37.2 Å². The maximum atomic E-state index is 13.4. The summed E-state index contributed by atoms with van der Waals surface area (Å²) in [5, 5.41) is 10.1. The molecule has 2 heterocycles. The lowest BCUT2D eigenvalue weighted by molar-refractivity contribution is -0.123. The first-order chi connectivity index (χ1) is 14.2. The van der Waals surface area contributed by atoms with Crippen molar-refractivity contribution in [3.8, 4) is 6.07 Å². The van der Waals surface area contributed by atoms with E-state index in [1.165, 1.54) is 4.70 Å². The maximum absolute atomic E-state index is 13.4. The van der Waals surface area contributed by atoms with Crippen LogP contribution in [0.4, 0.5) is 5.69 Å². The molecule has 1 aliphatic heterocycles. The van der Waals surface area contributed by atoms with Gasteiger partial charge in [-0.15, -0.1) is 11.3 Å². The molecule has 5 nitrogen and oxygen atoms in total. The number of nitriles is 1. The Hall–Kier alpha value is -2.75. The third-order valence-electron chi connectivity index (χ3n) is 5.53. The number of para-hydroxylation sites is 2. The molecule has 29 heavy (non-hydrogen) atoms. The molecule has 3 aromatic rings. The van der Waals surface area contributed by atoms with E-state index in [9.17, 15) is 4.79 Å². The molecular weight excluding hydrogens is 380 g/mol. The van der Waals surface area contributed by atoms with E-state index in [0.717, 1.165) is 35.6 Å². The molecular formula is C23H24N4OS. The molecule has 0 aliphatic carbocycles. The number of likely N-dealkylation sites (tertiary alicyclic amines) is 1. The molecule has 0 radical (unpaired) electrons. The highest BCUT2D eigenvalue weighted by Crippen LogP contribution is 2.38. The van der Waals surface area contributed by atoms with Gasteiger partial charge in [-0.1, -0.05) is 30.3 Å². The van der Waals surface area contributed by atoms with Crippen LogP contribution in [0.3, 0.4) is 0 Å². The summed E-state index contributed by atoms with van der Waals surface area (Å²) in [4.78, 5) is 22.3. The molecule has 1 aromatic heterocycles. The van der Waals surface area contributed by atoms with Gasteiger partial charge in [-0.3, -0.25) is 9.69 Å². The molecule has 0 spiro atoms. The molecule has 1 amide bonds. The summed E-state index contributed by atoms with van der Waals surface area (Å²) in [5.74, 6) is 0.0412.